The third-order valence-electron chi connectivity index (χ3n) is 2.34. The second-order valence-electron chi connectivity index (χ2n) is 3.50. The summed E-state index contributed by atoms with van der Waals surface area (Å²) in [4.78, 5) is 11.9. The molecule has 0 saturated carbocycles. The molecule has 0 fully saturated rings. The van der Waals surface area contributed by atoms with Crippen LogP contribution in [0, 0.1) is 0 Å². The number of ketones is 1. The number of carbonyl (C=O) groups excluding carboxylic acids is 1. The number of carbonyl (C=O) groups is 1. The molecule has 1 aromatic heterocycles. The second kappa shape index (κ2) is 4.57. The van der Waals surface area contributed by atoms with E-state index >= 15 is 0 Å². The smallest absolute Gasteiger partial charge is 0.248 e. The van der Waals surface area contributed by atoms with Gasteiger partial charge in [-0.3, -0.25) is 4.79 Å². The van der Waals surface area contributed by atoms with Gasteiger partial charge in [0.25, 0.3) is 0 Å². The van der Waals surface area contributed by atoms with Gasteiger partial charge in [0.15, 0.2) is 6.54 Å². The Labute approximate surface area is 94.3 Å². The lowest BCUT2D eigenvalue weighted by Crippen LogP contribution is -2.35. The first-order chi connectivity index (χ1) is 7.79. The SMILES string of the molecule is C=Cn1cc[n+](CC(=O)c2ccccc2)c1. The molecule has 1 heterocycles. The Bertz CT molecular complexity index is 500. The Morgan fingerprint density at radius 1 is 1.38 bits per heavy atom. The molecule has 0 aliphatic carbocycles. The summed E-state index contributed by atoms with van der Waals surface area (Å²) in [5, 5.41) is 0. The van der Waals surface area contributed by atoms with Gasteiger partial charge in [0, 0.05) is 5.56 Å². The summed E-state index contributed by atoms with van der Waals surface area (Å²) in [6.45, 7) is 4.00. The molecule has 2 aromatic rings. The predicted molar refractivity (Wildman–Crippen MR) is 61.8 cm³/mol. The Morgan fingerprint density at radius 3 is 2.75 bits per heavy atom. The average Bonchev–Trinajstić information content (AvgIpc) is 2.78. The quantitative estimate of drug-likeness (QED) is 0.561. The number of aromatic nitrogens is 2. The van der Waals surface area contributed by atoms with Gasteiger partial charge in [0.1, 0.15) is 12.4 Å². The standard InChI is InChI=1S/C13H13N2O/c1-2-14-8-9-15(11-14)10-13(16)12-6-4-3-5-7-12/h2-9,11H,1,10H2/q+1. The lowest BCUT2D eigenvalue weighted by molar-refractivity contribution is -0.682. The van der Waals surface area contributed by atoms with Gasteiger partial charge in [0.05, 0.1) is 6.20 Å². The van der Waals surface area contributed by atoms with Crippen molar-refractivity contribution < 1.29 is 9.36 Å². The van der Waals surface area contributed by atoms with Crippen molar-refractivity contribution in [3.63, 3.8) is 0 Å². The first-order valence-corrected chi connectivity index (χ1v) is 5.07. The molecule has 1 aromatic carbocycles. The van der Waals surface area contributed by atoms with Crippen LogP contribution in [0.5, 0.6) is 0 Å². The number of imidazole rings is 1. The molecule has 0 radical (unpaired) electrons. The molecular formula is C13H13N2O+. The molecule has 16 heavy (non-hydrogen) atoms. The molecule has 2 rings (SSSR count). The van der Waals surface area contributed by atoms with Gasteiger partial charge in [-0.25, -0.2) is 9.13 Å². The minimum atomic E-state index is 0.104. The summed E-state index contributed by atoms with van der Waals surface area (Å²) in [6.07, 6.45) is 7.21. The number of nitrogens with zero attached hydrogens (tertiary/aromatic N) is 2. The van der Waals surface area contributed by atoms with Crippen LogP contribution in [-0.4, -0.2) is 10.4 Å². The summed E-state index contributed by atoms with van der Waals surface area (Å²) in [6, 6.07) is 9.29. The highest BCUT2D eigenvalue weighted by atomic mass is 16.1. The van der Waals surface area contributed by atoms with Crippen molar-refractivity contribution in [3.05, 3.63) is 61.2 Å². The summed E-state index contributed by atoms with van der Waals surface area (Å²) >= 11 is 0. The molecule has 0 spiro atoms. The first-order valence-electron chi connectivity index (χ1n) is 5.07. The first kappa shape index (κ1) is 10.4. The minimum absolute atomic E-state index is 0.104. The van der Waals surface area contributed by atoms with Crippen LogP contribution in [0.1, 0.15) is 10.4 Å². The van der Waals surface area contributed by atoms with Crippen LogP contribution in [0.25, 0.3) is 6.20 Å². The van der Waals surface area contributed by atoms with E-state index in [1.54, 1.807) is 10.8 Å². The lowest BCUT2D eigenvalue weighted by Gasteiger charge is -1.97. The van der Waals surface area contributed by atoms with E-state index in [0.29, 0.717) is 6.54 Å². The molecule has 0 saturated heterocycles. The molecule has 80 valence electrons. The molecule has 0 aliphatic rings. The molecule has 0 amide bonds. The average molecular weight is 213 g/mol. The van der Waals surface area contributed by atoms with E-state index in [0.717, 1.165) is 5.56 Å². The Kier molecular flexibility index (Phi) is 2.96. The van der Waals surface area contributed by atoms with Gasteiger partial charge in [-0.1, -0.05) is 36.9 Å². The number of Topliss-reactive ketones (excluding diaryl/α,β-unsaturated/α-hetero) is 1. The maximum absolute atomic E-state index is 11.9. The monoisotopic (exact) mass is 213 g/mol. The number of hydrogen-bond donors (Lipinski definition) is 0. The molecule has 0 bridgehead atoms. The fraction of sp³-hybridized carbons (Fsp3) is 0.0769. The largest absolute Gasteiger partial charge is 0.290 e. The third kappa shape index (κ3) is 2.25. The summed E-state index contributed by atoms with van der Waals surface area (Å²) < 4.78 is 3.63. The van der Waals surface area contributed by atoms with Crippen LogP contribution < -0.4 is 4.57 Å². The zero-order valence-corrected chi connectivity index (χ0v) is 8.91. The zero-order valence-electron chi connectivity index (χ0n) is 8.91. The van der Waals surface area contributed by atoms with E-state index < -0.39 is 0 Å². The molecular weight excluding hydrogens is 200 g/mol. The molecule has 0 aliphatic heterocycles. The topological polar surface area (TPSA) is 25.9 Å². The van der Waals surface area contributed by atoms with Crippen LogP contribution >= 0.6 is 0 Å². The molecule has 3 heteroatoms. The number of benzene rings is 1. The highest BCUT2D eigenvalue weighted by Crippen LogP contribution is 1.99. The second-order valence-corrected chi connectivity index (χ2v) is 3.50. The van der Waals surface area contributed by atoms with Crippen LogP contribution in [0.4, 0.5) is 0 Å². The van der Waals surface area contributed by atoms with Gasteiger partial charge >= 0.3 is 0 Å². The summed E-state index contributed by atoms with van der Waals surface area (Å²) in [7, 11) is 0. The third-order valence-corrected chi connectivity index (χ3v) is 2.34. The van der Waals surface area contributed by atoms with Crippen LogP contribution in [0.15, 0.2) is 55.6 Å². The molecule has 3 nitrogen and oxygen atoms in total. The highest BCUT2D eigenvalue weighted by Gasteiger charge is 2.09. The van der Waals surface area contributed by atoms with E-state index in [2.05, 4.69) is 6.58 Å². The Balaban J connectivity index is 2.11. The van der Waals surface area contributed by atoms with Gasteiger partial charge in [-0.2, -0.15) is 0 Å². The van der Waals surface area contributed by atoms with E-state index in [9.17, 15) is 4.79 Å². The van der Waals surface area contributed by atoms with Crippen molar-refractivity contribution in [1.29, 1.82) is 0 Å². The van der Waals surface area contributed by atoms with Crippen molar-refractivity contribution in [2.45, 2.75) is 6.54 Å². The van der Waals surface area contributed by atoms with E-state index in [4.69, 9.17) is 0 Å². The van der Waals surface area contributed by atoms with E-state index in [-0.39, 0.29) is 5.78 Å². The van der Waals surface area contributed by atoms with Gasteiger partial charge in [0.2, 0.25) is 12.1 Å². The fourth-order valence-electron chi connectivity index (χ4n) is 1.49. The van der Waals surface area contributed by atoms with Gasteiger partial charge in [-0.15, -0.1) is 0 Å². The summed E-state index contributed by atoms with van der Waals surface area (Å²) in [5.41, 5.74) is 0.737. The minimum Gasteiger partial charge on any atom is -0.290 e. The van der Waals surface area contributed by atoms with Crippen LogP contribution in [-0.2, 0) is 6.54 Å². The fourth-order valence-corrected chi connectivity index (χ4v) is 1.49. The molecule has 0 N–H and O–H groups in total. The zero-order chi connectivity index (χ0) is 11.4. The van der Waals surface area contributed by atoms with Crippen molar-refractivity contribution in [2.24, 2.45) is 0 Å². The number of hydrogen-bond acceptors (Lipinski definition) is 1. The van der Waals surface area contributed by atoms with Crippen LogP contribution in [0.2, 0.25) is 0 Å². The van der Waals surface area contributed by atoms with Crippen molar-refractivity contribution in [2.75, 3.05) is 0 Å². The lowest BCUT2D eigenvalue weighted by atomic mass is 10.1. The Morgan fingerprint density at radius 2 is 2.12 bits per heavy atom. The predicted octanol–water partition coefficient (Wildman–Crippen LogP) is 1.76. The van der Waals surface area contributed by atoms with Crippen molar-refractivity contribution >= 4 is 12.0 Å². The van der Waals surface area contributed by atoms with E-state index in [1.165, 1.54) is 0 Å². The van der Waals surface area contributed by atoms with Crippen molar-refractivity contribution in [3.8, 4) is 0 Å². The van der Waals surface area contributed by atoms with Crippen molar-refractivity contribution in [1.82, 2.24) is 4.57 Å². The van der Waals surface area contributed by atoms with Crippen LogP contribution in [0.3, 0.4) is 0 Å². The maximum atomic E-state index is 11.9. The normalized spacial score (nSPS) is 10.0. The molecule has 0 atom stereocenters. The summed E-state index contributed by atoms with van der Waals surface area (Å²) in [5.74, 6) is 0.104. The maximum Gasteiger partial charge on any atom is 0.248 e. The van der Waals surface area contributed by atoms with Gasteiger partial charge < -0.3 is 0 Å². The number of rotatable bonds is 4. The highest BCUT2D eigenvalue weighted by molar-refractivity contribution is 5.94. The van der Waals surface area contributed by atoms with E-state index in [1.807, 2.05) is 53.6 Å². The molecule has 0 unspecified atom stereocenters. The van der Waals surface area contributed by atoms with Gasteiger partial charge in [-0.05, 0) is 0 Å². The Hall–Kier alpha value is -2.16.